The van der Waals surface area contributed by atoms with E-state index in [1.807, 2.05) is 27.7 Å². The van der Waals surface area contributed by atoms with Crippen molar-refractivity contribution in [3.63, 3.8) is 0 Å². The number of benzene rings is 1. The van der Waals surface area contributed by atoms with Gasteiger partial charge in [0.15, 0.2) is 0 Å². The van der Waals surface area contributed by atoms with E-state index < -0.39 is 11.7 Å². The lowest BCUT2D eigenvalue weighted by Gasteiger charge is -2.25. The van der Waals surface area contributed by atoms with Gasteiger partial charge in [0.25, 0.3) is 0 Å². The third kappa shape index (κ3) is 4.74. The molecule has 1 aromatic rings. The second kappa shape index (κ2) is 6.48. The summed E-state index contributed by atoms with van der Waals surface area (Å²) in [5.41, 5.74) is 2.61. The minimum absolute atomic E-state index is 0.388. The molecular formula is C17H26N2O2. The van der Waals surface area contributed by atoms with Crippen molar-refractivity contribution in [3.8, 4) is 0 Å². The van der Waals surface area contributed by atoms with Gasteiger partial charge in [-0.15, -0.1) is 0 Å². The molecule has 4 nitrogen and oxygen atoms in total. The number of aryl methyl sites for hydroxylation is 1. The molecule has 2 N–H and O–H groups in total. The zero-order chi connectivity index (χ0) is 15.5. The number of piperidine rings is 1. The molecular weight excluding hydrogens is 264 g/mol. The van der Waals surface area contributed by atoms with Gasteiger partial charge in [0.05, 0.1) is 0 Å². The predicted molar refractivity (Wildman–Crippen MR) is 85.6 cm³/mol. The number of amides is 1. The van der Waals surface area contributed by atoms with Crippen molar-refractivity contribution in [3.05, 3.63) is 29.3 Å². The number of carbonyl (C=O) groups excluding carboxylic acids is 1. The number of carbonyl (C=O) groups is 1. The molecule has 0 bridgehead atoms. The summed E-state index contributed by atoms with van der Waals surface area (Å²) in [6.07, 6.45) is 3.24. The average molecular weight is 290 g/mol. The molecule has 1 amide bonds. The van der Waals surface area contributed by atoms with Crippen LogP contribution in [0.2, 0.25) is 0 Å². The maximum Gasteiger partial charge on any atom is 0.412 e. The van der Waals surface area contributed by atoms with Gasteiger partial charge in [-0.1, -0.05) is 18.6 Å². The van der Waals surface area contributed by atoms with Crippen LogP contribution in [0.5, 0.6) is 0 Å². The van der Waals surface area contributed by atoms with Gasteiger partial charge >= 0.3 is 6.09 Å². The summed E-state index contributed by atoms with van der Waals surface area (Å²) in [6.45, 7) is 8.64. The van der Waals surface area contributed by atoms with Crippen molar-refractivity contribution < 1.29 is 9.53 Å². The lowest BCUT2D eigenvalue weighted by Crippen LogP contribution is -2.28. The van der Waals surface area contributed by atoms with Crippen LogP contribution in [-0.2, 0) is 4.74 Å². The van der Waals surface area contributed by atoms with Crippen LogP contribution < -0.4 is 10.6 Å². The van der Waals surface area contributed by atoms with Crippen molar-refractivity contribution in [2.24, 2.45) is 0 Å². The van der Waals surface area contributed by atoms with E-state index in [1.165, 1.54) is 18.4 Å². The van der Waals surface area contributed by atoms with Gasteiger partial charge in [0, 0.05) is 11.7 Å². The van der Waals surface area contributed by atoms with E-state index in [-0.39, 0.29) is 0 Å². The molecule has 2 rings (SSSR count). The fraction of sp³-hybridized carbons (Fsp3) is 0.588. The summed E-state index contributed by atoms with van der Waals surface area (Å²) in [5.74, 6) is 0. The van der Waals surface area contributed by atoms with Crippen LogP contribution in [-0.4, -0.2) is 18.2 Å². The van der Waals surface area contributed by atoms with Crippen LogP contribution in [0, 0.1) is 6.92 Å². The van der Waals surface area contributed by atoms with E-state index in [0.29, 0.717) is 6.04 Å². The Morgan fingerprint density at radius 1 is 1.33 bits per heavy atom. The molecule has 0 aliphatic carbocycles. The van der Waals surface area contributed by atoms with Crippen LogP contribution in [0.3, 0.4) is 0 Å². The first-order valence-electron chi connectivity index (χ1n) is 7.69. The number of hydrogen-bond donors (Lipinski definition) is 2. The van der Waals surface area contributed by atoms with Crippen LogP contribution in [0.1, 0.15) is 57.2 Å². The smallest absolute Gasteiger partial charge is 0.412 e. The topological polar surface area (TPSA) is 50.4 Å². The summed E-state index contributed by atoms with van der Waals surface area (Å²) in [7, 11) is 0. The Hall–Kier alpha value is -1.55. The molecule has 1 unspecified atom stereocenters. The third-order valence-electron chi connectivity index (χ3n) is 3.61. The van der Waals surface area contributed by atoms with E-state index >= 15 is 0 Å². The Morgan fingerprint density at radius 2 is 2.10 bits per heavy atom. The molecule has 1 aliphatic rings. The number of anilines is 1. The van der Waals surface area contributed by atoms with Gasteiger partial charge in [0.1, 0.15) is 5.60 Å². The van der Waals surface area contributed by atoms with Crippen molar-refractivity contribution in [2.45, 2.75) is 58.6 Å². The lowest BCUT2D eigenvalue weighted by atomic mass is 9.96. The summed E-state index contributed by atoms with van der Waals surface area (Å²) < 4.78 is 5.32. The van der Waals surface area contributed by atoms with Crippen LogP contribution in [0.25, 0.3) is 0 Å². The molecule has 1 aliphatic heterocycles. The highest BCUT2D eigenvalue weighted by atomic mass is 16.6. The van der Waals surface area contributed by atoms with Gasteiger partial charge in [-0.25, -0.2) is 4.79 Å². The molecule has 1 aromatic carbocycles. The number of rotatable bonds is 2. The molecule has 1 fully saturated rings. The molecule has 116 valence electrons. The maximum atomic E-state index is 11.9. The Bertz CT molecular complexity index is 500. The SMILES string of the molecule is Cc1ccc(C2CCCCN2)cc1NC(=O)OC(C)(C)C. The molecule has 1 heterocycles. The Balaban J connectivity index is 2.10. The standard InChI is InChI=1S/C17H26N2O2/c1-12-8-9-13(14-7-5-6-10-18-14)11-15(12)19-16(20)21-17(2,3)4/h8-9,11,14,18H,5-7,10H2,1-4H3,(H,19,20). The second-order valence-electron chi connectivity index (χ2n) is 6.70. The maximum absolute atomic E-state index is 11.9. The van der Waals surface area contributed by atoms with Crippen molar-refractivity contribution in [1.82, 2.24) is 5.32 Å². The first kappa shape index (κ1) is 15.8. The monoisotopic (exact) mass is 290 g/mol. The number of nitrogens with one attached hydrogen (secondary N) is 2. The highest BCUT2D eigenvalue weighted by Crippen LogP contribution is 2.27. The van der Waals surface area contributed by atoms with E-state index in [2.05, 4.69) is 28.8 Å². The normalized spacial score (nSPS) is 19.1. The van der Waals surface area contributed by atoms with E-state index in [4.69, 9.17) is 4.74 Å². The predicted octanol–water partition coefficient (Wildman–Crippen LogP) is 4.16. The van der Waals surface area contributed by atoms with Gasteiger partial charge in [-0.2, -0.15) is 0 Å². The minimum Gasteiger partial charge on any atom is -0.444 e. The molecule has 4 heteroatoms. The lowest BCUT2D eigenvalue weighted by molar-refractivity contribution is 0.0636. The molecule has 0 radical (unpaired) electrons. The van der Waals surface area contributed by atoms with Gasteiger partial charge in [0.2, 0.25) is 0 Å². The molecule has 0 saturated carbocycles. The molecule has 0 spiro atoms. The first-order chi connectivity index (χ1) is 9.85. The fourth-order valence-corrected chi connectivity index (χ4v) is 2.54. The van der Waals surface area contributed by atoms with Crippen LogP contribution >= 0.6 is 0 Å². The Morgan fingerprint density at radius 3 is 2.71 bits per heavy atom. The van der Waals surface area contributed by atoms with E-state index in [9.17, 15) is 4.79 Å². The fourth-order valence-electron chi connectivity index (χ4n) is 2.54. The summed E-state index contributed by atoms with van der Waals surface area (Å²) >= 11 is 0. The van der Waals surface area contributed by atoms with Crippen molar-refractivity contribution in [1.29, 1.82) is 0 Å². The molecule has 0 aromatic heterocycles. The second-order valence-corrected chi connectivity index (χ2v) is 6.70. The summed E-state index contributed by atoms with van der Waals surface area (Å²) in [5, 5.41) is 6.39. The van der Waals surface area contributed by atoms with Gasteiger partial charge in [-0.3, -0.25) is 5.32 Å². The van der Waals surface area contributed by atoms with Gasteiger partial charge in [-0.05, 0) is 64.3 Å². The van der Waals surface area contributed by atoms with Crippen molar-refractivity contribution in [2.75, 3.05) is 11.9 Å². The largest absolute Gasteiger partial charge is 0.444 e. The molecule has 1 atom stereocenters. The summed E-state index contributed by atoms with van der Waals surface area (Å²) in [4.78, 5) is 11.9. The van der Waals surface area contributed by atoms with E-state index in [0.717, 1.165) is 24.2 Å². The zero-order valence-electron chi connectivity index (χ0n) is 13.5. The number of ether oxygens (including phenoxy) is 1. The highest BCUT2D eigenvalue weighted by molar-refractivity contribution is 5.86. The quantitative estimate of drug-likeness (QED) is 0.860. The van der Waals surface area contributed by atoms with Crippen LogP contribution in [0.4, 0.5) is 10.5 Å². The summed E-state index contributed by atoms with van der Waals surface area (Å²) in [6, 6.07) is 6.64. The number of hydrogen-bond acceptors (Lipinski definition) is 3. The van der Waals surface area contributed by atoms with Crippen molar-refractivity contribution >= 4 is 11.8 Å². The van der Waals surface area contributed by atoms with Crippen LogP contribution in [0.15, 0.2) is 18.2 Å². The molecule has 21 heavy (non-hydrogen) atoms. The zero-order valence-corrected chi connectivity index (χ0v) is 13.5. The van der Waals surface area contributed by atoms with Gasteiger partial charge < -0.3 is 10.1 Å². The Kier molecular flexibility index (Phi) is 4.88. The molecule has 1 saturated heterocycles. The minimum atomic E-state index is -0.486. The average Bonchev–Trinajstić information content (AvgIpc) is 2.40. The Labute approximate surface area is 127 Å². The van der Waals surface area contributed by atoms with E-state index in [1.54, 1.807) is 0 Å². The third-order valence-corrected chi connectivity index (χ3v) is 3.61. The first-order valence-corrected chi connectivity index (χ1v) is 7.69. The highest BCUT2D eigenvalue weighted by Gasteiger charge is 2.19.